The zero-order valence-electron chi connectivity index (χ0n) is 17.3. The van der Waals surface area contributed by atoms with Crippen molar-refractivity contribution in [3.8, 4) is 16.9 Å². The molecule has 1 saturated heterocycles. The van der Waals surface area contributed by atoms with Crippen molar-refractivity contribution in [1.29, 1.82) is 0 Å². The highest BCUT2D eigenvalue weighted by molar-refractivity contribution is 5.98. The third-order valence-electron chi connectivity index (χ3n) is 5.57. The second kappa shape index (κ2) is 8.05. The van der Waals surface area contributed by atoms with Gasteiger partial charge in [0.1, 0.15) is 11.8 Å². The van der Waals surface area contributed by atoms with Gasteiger partial charge < -0.3 is 14.5 Å². The van der Waals surface area contributed by atoms with E-state index in [0.717, 1.165) is 28.0 Å². The first-order valence-corrected chi connectivity index (χ1v) is 9.72. The van der Waals surface area contributed by atoms with Crippen LogP contribution in [0.2, 0.25) is 0 Å². The number of ether oxygens (including phenoxy) is 1. The molecule has 0 saturated carbocycles. The Morgan fingerprint density at radius 3 is 2.39 bits per heavy atom. The van der Waals surface area contributed by atoms with Crippen molar-refractivity contribution < 1.29 is 14.3 Å². The van der Waals surface area contributed by atoms with Gasteiger partial charge in [-0.2, -0.15) is 0 Å². The Morgan fingerprint density at radius 2 is 1.79 bits per heavy atom. The summed E-state index contributed by atoms with van der Waals surface area (Å²) in [6, 6.07) is 11.3. The predicted octanol–water partition coefficient (Wildman–Crippen LogP) is 3.67. The first kappa shape index (κ1) is 19.9. The number of carbonyl (C=O) groups excluding carboxylic acids is 2. The molecule has 1 aliphatic rings. The molecule has 0 N–H and O–H groups in total. The molecule has 5 nitrogen and oxygen atoms in total. The summed E-state index contributed by atoms with van der Waals surface area (Å²) in [4.78, 5) is 28.8. The van der Waals surface area contributed by atoms with Crippen LogP contribution in [0.15, 0.2) is 36.4 Å². The third-order valence-corrected chi connectivity index (χ3v) is 5.57. The SMILES string of the molecule is CCN1CCN(C(=O)c2ccc(-c3cc(C)c(OC)cc3C)cc2)C(C)C1=O. The average molecular weight is 380 g/mol. The number of aryl methyl sites for hydroxylation is 2. The number of carbonyl (C=O) groups is 2. The number of methoxy groups -OCH3 is 1. The molecule has 0 aromatic heterocycles. The van der Waals surface area contributed by atoms with Crippen molar-refractivity contribution in [2.75, 3.05) is 26.7 Å². The van der Waals surface area contributed by atoms with Gasteiger partial charge in [-0.05, 0) is 74.2 Å². The molecule has 2 aromatic rings. The van der Waals surface area contributed by atoms with Gasteiger partial charge >= 0.3 is 0 Å². The predicted molar refractivity (Wildman–Crippen MR) is 111 cm³/mol. The van der Waals surface area contributed by atoms with Crippen molar-refractivity contribution >= 4 is 11.8 Å². The van der Waals surface area contributed by atoms with Gasteiger partial charge in [0.05, 0.1) is 7.11 Å². The molecule has 0 radical (unpaired) electrons. The Kier molecular flexibility index (Phi) is 5.73. The van der Waals surface area contributed by atoms with Crippen molar-refractivity contribution in [2.45, 2.75) is 33.7 Å². The Hall–Kier alpha value is -2.82. The molecule has 0 bridgehead atoms. The summed E-state index contributed by atoms with van der Waals surface area (Å²) in [7, 11) is 1.67. The summed E-state index contributed by atoms with van der Waals surface area (Å²) >= 11 is 0. The van der Waals surface area contributed by atoms with E-state index in [4.69, 9.17) is 4.74 Å². The van der Waals surface area contributed by atoms with Crippen LogP contribution in [0.25, 0.3) is 11.1 Å². The van der Waals surface area contributed by atoms with Crippen LogP contribution in [-0.2, 0) is 4.79 Å². The fourth-order valence-electron chi connectivity index (χ4n) is 3.80. The van der Waals surface area contributed by atoms with Crippen LogP contribution in [-0.4, -0.2) is 54.4 Å². The van der Waals surface area contributed by atoms with Crippen LogP contribution in [0.5, 0.6) is 5.75 Å². The lowest BCUT2D eigenvalue weighted by molar-refractivity contribution is -0.139. The minimum absolute atomic E-state index is 0.0167. The summed E-state index contributed by atoms with van der Waals surface area (Å²) in [5.74, 6) is 0.798. The lowest BCUT2D eigenvalue weighted by Crippen LogP contribution is -2.57. The molecule has 1 atom stereocenters. The van der Waals surface area contributed by atoms with Crippen LogP contribution in [0.4, 0.5) is 0 Å². The highest BCUT2D eigenvalue weighted by Gasteiger charge is 2.33. The van der Waals surface area contributed by atoms with E-state index in [0.29, 0.717) is 25.2 Å². The molecular formula is C23H28N2O3. The van der Waals surface area contributed by atoms with Crippen LogP contribution < -0.4 is 4.74 Å². The van der Waals surface area contributed by atoms with Gasteiger partial charge in [0, 0.05) is 25.2 Å². The minimum Gasteiger partial charge on any atom is -0.496 e. The summed E-state index contributed by atoms with van der Waals surface area (Å²) in [6.45, 7) is 9.68. The van der Waals surface area contributed by atoms with Gasteiger partial charge in [0.2, 0.25) is 5.91 Å². The van der Waals surface area contributed by atoms with Crippen LogP contribution in [0.3, 0.4) is 0 Å². The smallest absolute Gasteiger partial charge is 0.254 e. The minimum atomic E-state index is -0.424. The van der Waals surface area contributed by atoms with Crippen molar-refractivity contribution in [3.63, 3.8) is 0 Å². The maximum Gasteiger partial charge on any atom is 0.254 e. The molecule has 1 heterocycles. The number of amides is 2. The number of hydrogen-bond donors (Lipinski definition) is 0. The summed E-state index contributed by atoms with van der Waals surface area (Å²) in [5.41, 5.74) is 4.98. The van der Waals surface area contributed by atoms with Gasteiger partial charge in [-0.3, -0.25) is 9.59 Å². The third kappa shape index (κ3) is 3.61. The Balaban J connectivity index is 1.82. The maximum atomic E-state index is 12.9. The molecule has 2 aromatic carbocycles. The molecule has 0 aliphatic carbocycles. The molecule has 3 rings (SSSR count). The molecule has 148 valence electrons. The monoisotopic (exact) mass is 380 g/mol. The number of hydrogen-bond acceptors (Lipinski definition) is 3. The first-order chi connectivity index (χ1) is 13.4. The van der Waals surface area contributed by atoms with Crippen molar-refractivity contribution in [3.05, 3.63) is 53.1 Å². The van der Waals surface area contributed by atoms with E-state index in [1.165, 1.54) is 0 Å². The number of piperazine rings is 1. The zero-order valence-corrected chi connectivity index (χ0v) is 17.3. The van der Waals surface area contributed by atoms with Gasteiger partial charge in [0.25, 0.3) is 5.91 Å². The van der Waals surface area contributed by atoms with Crippen LogP contribution in [0.1, 0.15) is 35.3 Å². The lowest BCUT2D eigenvalue weighted by atomic mass is 9.96. The fourth-order valence-corrected chi connectivity index (χ4v) is 3.80. The molecule has 2 amide bonds. The van der Waals surface area contributed by atoms with Gasteiger partial charge in [0.15, 0.2) is 0 Å². The average Bonchev–Trinajstić information content (AvgIpc) is 2.71. The van der Waals surface area contributed by atoms with E-state index in [2.05, 4.69) is 13.0 Å². The van der Waals surface area contributed by atoms with Gasteiger partial charge in [-0.1, -0.05) is 12.1 Å². The van der Waals surface area contributed by atoms with Gasteiger partial charge in [-0.25, -0.2) is 0 Å². The first-order valence-electron chi connectivity index (χ1n) is 9.72. The van der Waals surface area contributed by atoms with E-state index < -0.39 is 6.04 Å². The van der Waals surface area contributed by atoms with E-state index in [1.54, 1.807) is 23.8 Å². The topological polar surface area (TPSA) is 49.9 Å². The summed E-state index contributed by atoms with van der Waals surface area (Å²) in [5, 5.41) is 0. The molecule has 1 aliphatic heterocycles. The van der Waals surface area contributed by atoms with E-state index >= 15 is 0 Å². The van der Waals surface area contributed by atoms with Crippen LogP contribution in [0, 0.1) is 13.8 Å². The van der Waals surface area contributed by atoms with E-state index in [1.807, 2.05) is 44.2 Å². The normalized spacial score (nSPS) is 17.0. The Labute approximate surface area is 166 Å². The standard InChI is InChI=1S/C23H28N2O3/c1-6-24-11-12-25(17(4)22(24)26)23(27)19-9-7-18(8-10-19)20-13-16(3)21(28-5)14-15(20)2/h7-10,13-14,17H,6,11-12H2,1-5H3. The fraction of sp³-hybridized carbons (Fsp3) is 0.391. The molecule has 0 spiro atoms. The second-order valence-corrected chi connectivity index (χ2v) is 7.31. The number of likely N-dealkylation sites (N-methyl/N-ethyl adjacent to an activating group) is 1. The van der Waals surface area contributed by atoms with Crippen molar-refractivity contribution in [2.24, 2.45) is 0 Å². The quantitative estimate of drug-likeness (QED) is 0.813. The molecule has 28 heavy (non-hydrogen) atoms. The maximum absolute atomic E-state index is 12.9. The highest BCUT2D eigenvalue weighted by Crippen LogP contribution is 2.30. The lowest BCUT2D eigenvalue weighted by Gasteiger charge is -2.38. The molecule has 1 unspecified atom stereocenters. The molecule has 5 heteroatoms. The Bertz CT molecular complexity index is 889. The molecule has 1 fully saturated rings. The van der Waals surface area contributed by atoms with Crippen molar-refractivity contribution in [1.82, 2.24) is 9.80 Å². The second-order valence-electron chi connectivity index (χ2n) is 7.31. The molecular weight excluding hydrogens is 352 g/mol. The number of nitrogens with zero attached hydrogens (tertiary/aromatic N) is 2. The van der Waals surface area contributed by atoms with E-state index in [-0.39, 0.29) is 11.8 Å². The summed E-state index contributed by atoms with van der Waals surface area (Å²) < 4.78 is 5.39. The number of benzene rings is 2. The Morgan fingerprint density at radius 1 is 1.11 bits per heavy atom. The van der Waals surface area contributed by atoms with Crippen LogP contribution >= 0.6 is 0 Å². The highest BCUT2D eigenvalue weighted by atomic mass is 16.5. The van der Waals surface area contributed by atoms with E-state index in [9.17, 15) is 9.59 Å². The zero-order chi connectivity index (χ0) is 20.4. The largest absolute Gasteiger partial charge is 0.496 e. The van der Waals surface area contributed by atoms with Gasteiger partial charge in [-0.15, -0.1) is 0 Å². The summed E-state index contributed by atoms with van der Waals surface area (Å²) in [6.07, 6.45) is 0. The number of rotatable bonds is 4.